The fourth-order valence-electron chi connectivity index (χ4n) is 5.60. The second-order valence-corrected chi connectivity index (χ2v) is 11.5. The summed E-state index contributed by atoms with van der Waals surface area (Å²) in [6.45, 7) is 1.79. The number of anilines is 1. The number of hydrogen-bond acceptors (Lipinski definition) is 13. The number of fused-ring (bicyclic) bond motifs is 1. The molecular weight excluding hydrogens is 662 g/mol. The number of hydrogen-bond donors (Lipinski definition) is 3. The highest BCUT2D eigenvalue weighted by molar-refractivity contribution is 5.93. The molecule has 0 radical (unpaired) electrons. The first-order chi connectivity index (χ1) is 23.8. The van der Waals surface area contributed by atoms with Gasteiger partial charge in [-0.3, -0.25) is 29.8 Å². The molecule has 2 amide bonds. The van der Waals surface area contributed by atoms with E-state index in [1.165, 1.54) is 37.1 Å². The highest BCUT2D eigenvalue weighted by Crippen LogP contribution is 2.29. The summed E-state index contributed by atoms with van der Waals surface area (Å²) >= 11 is 0. The van der Waals surface area contributed by atoms with Crippen molar-refractivity contribution in [2.75, 3.05) is 25.5 Å². The number of carboxylic acid groups (broad SMARTS) is 1. The van der Waals surface area contributed by atoms with Crippen molar-refractivity contribution in [3.8, 4) is 5.75 Å². The van der Waals surface area contributed by atoms with Gasteiger partial charge in [0.15, 0.2) is 6.10 Å². The summed E-state index contributed by atoms with van der Waals surface area (Å²) in [5.41, 5.74) is -0.928. The molecular formula is C32H35N5O13. The van der Waals surface area contributed by atoms with E-state index in [9.17, 15) is 49.3 Å². The van der Waals surface area contributed by atoms with Gasteiger partial charge in [-0.1, -0.05) is 0 Å². The Morgan fingerprint density at radius 3 is 2.52 bits per heavy atom. The Kier molecular flexibility index (Phi) is 12.0. The van der Waals surface area contributed by atoms with Gasteiger partial charge in [0.05, 0.1) is 29.4 Å². The van der Waals surface area contributed by atoms with Gasteiger partial charge in [0.1, 0.15) is 29.1 Å². The van der Waals surface area contributed by atoms with Crippen LogP contribution in [-0.4, -0.2) is 82.0 Å². The van der Waals surface area contributed by atoms with Gasteiger partial charge in [0.25, 0.3) is 11.4 Å². The number of likely N-dealkylation sites (tertiary alicyclic amines) is 1. The Labute approximate surface area is 283 Å². The Morgan fingerprint density at radius 1 is 1.08 bits per heavy atom. The van der Waals surface area contributed by atoms with E-state index in [1.54, 1.807) is 12.1 Å². The van der Waals surface area contributed by atoms with Crippen LogP contribution in [0.2, 0.25) is 0 Å². The van der Waals surface area contributed by atoms with Gasteiger partial charge < -0.3 is 34.5 Å². The molecule has 3 aromatic rings. The lowest BCUT2D eigenvalue weighted by molar-refractivity contribution is -0.393. The minimum Gasteiger partial charge on any atom is -0.497 e. The van der Waals surface area contributed by atoms with Crippen LogP contribution in [0.1, 0.15) is 44.6 Å². The molecule has 0 saturated carbocycles. The number of nitrogens with zero attached hydrogens (tertiary/aromatic N) is 3. The maximum absolute atomic E-state index is 13.3. The standard InChI is InChI=1S/C32H35N5O13/c1-18(34-28(38)14-19-15-29(39)49-27-17-21(48-2)9-10-22(19)27)30(40)35-13-5-6-24(35)32(43)50-26(31(41)42)7-3-4-12-33-23-11-8-20(36(44)45)16-25(23)37(46)47/h8-11,15-18,24,26,33H,3-7,12-14H2,1-2H3,(H,34,38)(H,41,42)/t18-,24-,26-/m0/s1. The van der Waals surface area contributed by atoms with Gasteiger partial charge in [-0.25, -0.2) is 14.4 Å². The molecule has 2 aromatic carbocycles. The number of nitro benzene ring substituents is 2. The van der Waals surface area contributed by atoms with Crippen molar-refractivity contribution in [3.05, 3.63) is 78.7 Å². The highest BCUT2D eigenvalue weighted by atomic mass is 16.6. The molecule has 0 aliphatic carbocycles. The number of benzene rings is 2. The molecule has 3 N–H and O–H groups in total. The second-order valence-electron chi connectivity index (χ2n) is 11.5. The van der Waals surface area contributed by atoms with Crippen LogP contribution in [0.3, 0.4) is 0 Å². The summed E-state index contributed by atoms with van der Waals surface area (Å²) in [5.74, 6) is -2.97. The van der Waals surface area contributed by atoms with Crippen molar-refractivity contribution in [1.29, 1.82) is 0 Å². The van der Waals surface area contributed by atoms with Crippen molar-refractivity contribution >= 4 is 51.8 Å². The van der Waals surface area contributed by atoms with Gasteiger partial charge in [-0.15, -0.1) is 0 Å². The number of methoxy groups -OCH3 is 1. The van der Waals surface area contributed by atoms with Crippen molar-refractivity contribution in [3.63, 3.8) is 0 Å². The molecule has 2 heterocycles. The predicted octanol–water partition coefficient (Wildman–Crippen LogP) is 2.93. The third kappa shape index (κ3) is 9.09. The molecule has 50 heavy (non-hydrogen) atoms. The van der Waals surface area contributed by atoms with Crippen molar-refractivity contribution < 1.29 is 48.0 Å². The lowest BCUT2D eigenvalue weighted by Crippen LogP contribution is -2.51. The molecule has 1 fully saturated rings. The van der Waals surface area contributed by atoms with Crippen LogP contribution in [0.5, 0.6) is 5.75 Å². The topological polar surface area (TPSA) is 251 Å². The van der Waals surface area contributed by atoms with E-state index in [1.807, 2.05) is 0 Å². The highest BCUT2D eigenvalue weighted by Gasteiger charge is 2.39. The van der Waals surface area contributed by atoms with Gasteiger partial charge in [-0.05, 0) is 62.8 Å². The second kappa shape index (κ2) is 16.4. The predicted molar refractivity (Wildman–Crippen MR) is 175 cm³/mol. The van der Waals surface area contributed by atoms with E-state index in [0.717, 1.165) is 12.1 Å². The Balaban J connectivity index is 1.29. The van der Waals surface area contributed by atoms with Crippen LogP contribution in [-0.2, 0) is 30.3 Å². The molecule has 18 heteroatoms. The van der Waals surface area contributed by atoms with E-state index in [0.29, 0.717) is 29.5 Å². The maximum atomic E-state index is 13.3. The zero-order valence-electron chi connectivity index (χ0n) is 27.1. The van der Waals surface area contributed by atoms with Crippen molar-refractivity contribution in [1.82, 2.24) is 10.2 Å². The first kappa shape index (κ1) is 36.8. The van der Waals surface area contributed by atoms with E-state index >= 15 is 0 Å². The Morgan fingerprint density at radius 2 is 1.84 bits per heavy atom. The zero-order chi connectivity index (χ0) is 36.5. The summed E-state index contributed by atoms with van der Waals surface area (Å²) in [6.07, 6.45) is -0.622. The average Bonchev–Trinajstić information content (AvgIpc) is 3.56. The van der Waals surface area contributed by atoms with Crippen molar-refractivity contribution in [2.45, 2.75) is 63.6 Å². The third-order valence-electron chi connectivity index (χ3n) is 8.08. The number of carbonyl (C=O) groups is 4. The first-order valence-electron chi connectivity index (χ1n) is 15.6. The minimum atomic E-state index is -1.52. The molecule has 1 aromatic heterocycles. The van der Waals surface area contributed by atoms with Gasteiger partial charge >= 0.3 is 17.6 Å². The summed E-state index contributed by atoms with van der Waals surface area (Å²) in [7, 11) is 1.46. The number of amides is 2. The molecule has 1 aliphatic heterocycles. The molecule has 0 unspecified atom stereocenters. The van der Waals surface area contributed by atoms with E-state index in [-0.39, 0.29) is 50.0 Å². The molecule has 1 saturated heterocycles. The van der Waals surface area contributed by atoms with Gasteiger partial charge in [-0.2, -0.15) is 0 Å². The minimum absolute atomic E-state index is 0.0559. The van der Waals surface area contributed by atoms with Crippen LogP contribution in [0.4, 0.5) is 17.1 Å². The summed E-state index contributed by atoms with van der Waals surface area (Å²) in [6, 6.07) is 7.04. The van der Waals surface area contributed by atoms with Crippen LogP contribution < -0.4 is 21.0 Å². The number of carboxylic acids is 1. The fourth-order valence-corrected chi connectivity index (χ4v) is 5.60. The van der Waals surface area contributed by atoms with E-state index in [4.69, 9.17) is 13.9 Å². The monoisotopic (exact) mass is 697 g/mol. The van der Waals surface area contributed by atoms with E-state index in [2.05, 4.69) is 10.6 Å². The van der Waals surface area contributed by atoms with Crippen LogP contribution in [0, 0.1) is 20.2 Å². The smallest absolute Gasteiger partial charge is 0.345 e. The van der Waals surface area contributed by atoms with E-state index < -0.39 is 68.8 Å². The number of carbonyl (C=O) groups excluding carboxylic acids is 3. The van der Waals surface area contributed by atoms with Crippen molar-refractivity contribution in [2.24, 2.45) is 0 Å². The van der Waals surface area contributed by atoms with Crippen LogP contribution in [0.15, 0.2) is 51.7 Å². The molecule has 0 bridgehead atoms. The summed E-state index contributed by atoms with van der Waals surface area (Å²) in [4.78, 5) is 85.3. The quantitative estimate of drug-likeness (QED) is 0.0640. The van der Waals surface area contributed by atoms with Crippen LogP contribution in [0.25, 0.3) is 11.0 Å². The first-order valence-corrected chi connectivity index (χ1v) is 15.6. The molecule has 4 rings (SSSR count). The molecule has 18 nitrogen and oxygen atoms in total. The molecule has 1 aliphatic rings. The largest absolute Gasteiger partial charge is 0.497 e. The number of nitro groups is 2. The lowest BCUT2D eigenvalue weighted by Gasteiger charge is -2.27. The number of ether oxygens (including phenoxy) is 2. The zero-order valence-corrected chi connectivity index (χ0v) is 27.1. The molecule has 266 valence electrons. The fraction of sp³-hybridized carbons (Fsp3) is 0.406. The number of nitrogens with one attached hydrogen (secondary N) is 2. The normalized spacial score (nSPS) is 15.2. The number of aliphatic carboxylic acids is 1. The third-order valence-corrected chi connectivity index (χ3v) is 8.08. The maximum Gasteiger partial charge on any atom is 0.345 e. The SMILES string of the molecule is COc1ccc2c(CC(=O)N[C@@H](C)C(=O)N3CCC[C@H]3C(=O)O[C@@H](CCCCNc3ccc([N+](=O)[O-])cc3[N+](=O)[O-])C(=O)O)cc(=O)oc2c1. The molecule has 3 atom stereocenters. The summed E-state index contributed by atoms with van der Waals surface area (Å²) in [5, 5.41) is 37.8. The number of unbranched alkanes of at least 4 members (excludes halogenated alkanes) is 1. The number of non-ortho nitro benzene ring substituents is 1. The van der Waals surface area contributed by atoms with Gasteiger partial charge in [0.2, 0.25) is 11.8 Å². The lowest BCUT2D eigenvalue weighted by atomic mass is 10.1. The van der Waals surface area contributed by atoms with Gasteiger partial charge in [0, 0.05) is 36.7 Å². The number of rotatable bonds is 16. The van der Waals surface area contributed by atoms with Crippen LogP contribution >= 0.6 is 0 Å². The Bertz CT molecular complexity index is 1860. The Hall–Kier alpha value is -6.07. The average molecular weight is 698 g/mol. The summed E-state index contributed by atoms with van der Waals surface area (Å²) < 4.78 is 15.7. The number of esters is 1. The molecule has 0 spiro atoms.